The molecule has 0 aromatic heterocycles. The summed E-state index contributed by atoms with van der Waals surface area (Å²) in [5, 5.41) is 5.02. The predicted octanol–water partition coefficient (Wildman–Crippen LogP) is 2.13. The van der Waals surface area contributed by atoms with Gasteiger partial charge in [-0.1, -0.05) is 6.07 Å². The minimum absolute atomic E-state index is 0.0739. The first-order chi connectivity index (χ1) is 14.4. The van der Waals surface area contributed by atoms with Gasteiger partial charge in [0.2, 0.25) is 11.8 Å². The van der Waals surface area contributed by atoms with Crippen molar-refractivity contribution in [3.63, 3.8) is 0 Å². The molecule has 2 aromatic rings. The second-order valence-corrected chi connectivity index (χ2v) is 6.58. The van der Waals surface area contributed by atoms with Crippen LogP contribution >= 0.6 is 0 Å². The molecule has 2 amide bonds. The third-order valence-corrected chi connectivity index (χ3v) is 4.35. The standard InChI is InChI=1S/C21H20F2N2O5/c22-14-2-3-15(16(23)10-14)17(26)12-25-21(28)6-5-20(27)24-11-13-1-4-18-19(9-13)30-8-7-29-18/h1-4,9-10H,5-8,11-12H2,(H,24,27)(H,25,28). The van der Waals surface area contributed by atoms with E-state index in [0.29, 0.717) is 30.8 Å². The van der Waals surface area contributed by atoms with Crippen molar-refractivity contribution >= 4 is 17.6 Å². The fourth-order valence-corrected chi connectivity index (χ4v) is 2.79. The molecule has 0 radical (unpaired) electrons. The van der Waals surface area contributed by atoms with Crippen LogP contribution in [0.15, 0.2) is 36.4 Å². The van der Waals surface area contributed by atoms with Gasteiger partial charge in [-0.2, -0.15) is 0 Å². The molecule has 1 aliphatic heterocycles. The lowest BCUT2D eigenvalue weighted by Gasteiger charge is -2.19. The molecule has 158 valence electrons. The Hall–Kier alpha value is -3.49. The zero-order valence-corrected chi connectivity index (χ0v) is 16.0. The number of hydrogen-bond donors (Lipinski definition) is 2. The van der Waals surface area contributed by atoms with Crippen molar-refractivity contribution in [2.24, 2.45) is 0 Å². The minimum Gasteiger partial charge on any atom is -0.486 e. The highest BCUT2D eigenvalue weighted by Crippen LogP contribution is 2.30. The molecular weight excluding hydrogens is 398 g/mol. The van der Waals surface area contributed by atoms with Gasteiger partial charge < -0.3 is 20.1 Å². The van der Waals surface area contributed by atoms with E-state index in [1.54, 1.807) is 18.2 Å². The van der Waals surface area contributed by atoms with Crippen LogP contribution in [0.1, 0.15) is 28.8 Å². The van der Waals surface area contributed by atoms with Crippen molar-refractivity contribution in [2.75, 3.05) is 19.8 Å². The van der Waals surface area contributed by atoms with Gasteiger partial charge in [0.15, 0.2) is 17.3 Å². The number of ether oxygens (including phenoxy) is 2. The summed E-state index contributed by atoms with van der Waals surface area (Å²) in [4.78, 5) is 35.7. The molecule has 0 saturated heterocycles. The SMILES string of the molecule is O=C(CCC(=O)NCc1ccc2c(c1)OCCO2)NCC(=O)c1ccc(F)cc1F. The molecule has 0 fully saturated rings. The van der Waals surface area contributed by atoms with Crippen molar-refractivity contribution in [1.29, 1.82) is 0 Å². The first-order valence-electron chi connectivity index (χ1n) is 9.32. The molecule has 1 aliphatic rings. The lowest BCUT2D eigenvalue weighted by molar-refractivity contribution is -0.126. The number of carbonyl (C=O) groups excluding carboxylic acids is 3. The van der Waals surface area contributed by atoms with E-state index in [-0.39, 0.29) is 30.9 Å². The van der Waals surface area contributed by atoms with Gasteiger partial charge in [0, 0.05) is 25.5 Å². The normalized spacial score (nSPS) is 12.2. The Balaban J connectivity index is 1.38. The number of carbonyl (C=O) groups is 3. The maximum atomic E-state index is 13.6. The first-order valence-corrected chi connectivity index (χ1v) is 9.32. The summed E-state index contributed by atoms with van der Waals surface area (Å²) in [7, 11) is 0. The molecule has 2 aromatic carbocycles. The molecule has 7 nitrogen and oxygen atoms in total. The molecule has 9 heteroatoms. The topological polar surface area (TPSA) is 93.7 Å². The van der Waals surface area contributed by atoms with Gasteiger partial charge in [0.1, 0.15) is 24.8 Å². The van der Waals surface area contributed by atoms with Crippen LogP contribution in [-0.4, -0.2) is 37.4 Å². The summed E-state index contributed by atoms with van der Waals surface area (Å²) in [6.07, 6.45) is -0.207. The second-order valence-electron chi connectivity index (χ2n) is 6.58. The van der Waals surface area contributed by atoms with Crippen LogP contribution in [-0.2, 0) is 16.1 Å². The third kappa shape index (κ3) is 5.76. The monoisotopic (exact) mass is 418 g/mol. The van der Waals surface area contributed by atoms with Crippen molar-refractivity contribution in [1.82, 2.24) is 10.6 Å². The van der Waals surface area contributed by atoms with Gasteiger partial charge in [0.05, 0.1) is 12.1 Å². The Morgan fingerprint density at radius 1 is 0.867 bits per heavy atom. The molecule has 3 rings (SSSR count). The summed E-state index contributed by atoms with van der Waals surface area (Å²) in [5.74, 6) is -2.07. The molecule has 0 aliphatic carbocycles. The average Bonchev–Trinajstić information content (AvgIpc) is 2.74. The smallest absolute Gasteiger partial charge is 0.220 e. The highest BCUT2D eigenvalue weighted by molar-refractivity contribution is 5.99. The number of halogens is 2. The van der Waals surface area contributed by atoms with Crippen molar-refractivity contribution < 1.29 is 32.6 Å². The summed E-state index contributed by atoms with van der Waals surface area (Å²) in [6, 6.07) is 7.93. The molecule has 0 bridgehead atoms. The fraction of sp³-hybridized carbons (Fsp3) is 0.286. The number of nitrogens with one attached hydrogen (secondary N) is 2. The van der Waals surface area contributed by atoms with Crippen molar-refractivity contribution in [3.05, 3.63) is 59.2 Å². The maximum absolute atomic E-state index is 13.6. The van der Waals surface area contributed by atoms with Gasteiger partial charge in [-0.15, -0.1) is 0 Å². The Kier molecular flexibility index (Phi) is 6.95. The minimum atomic E-state index is -0.993. The number of ketones is 1. The van der Waals surface area contributed by atoms with E-state index in [0.717, 1.165) is 17.7 Å². The van der Waals surface area contributed by atoms with Crippen LogP contribution in [0, 0.1) is 11.6 Å². The number of Topliss-reactive ketones (excluding diaryl/α,β-unsaturated/α-hetero) is 1. The summed E-state index contributed by atoms with van der Waals surface area (Å²) < 4.78 is 37.3. The van der Waals surface area contributed by atoms with Crippen LogP contribution in [0.5, 0.6) is 11.5 Å². The van der Waals surface area contributed by atoms with Crippen LogP contribution < -0.4 is 20.1 Å². The number of fused-ring (bicyclic) bond motifs is 1. The number of rotatable bonds is 8. The highest BCUT2D eigenvalue weighted by Gasteiger charge is 2.15. The second kappa shape index (κ2) is 9.82. The van der Waals surface area contributed by atoms with E-state index in [9.17, 15) is 23.2 Å². The van der Waals surface area contributed by atoms with E-state index in [1.807, 2.05) is 0 Å². The predicted molar refractivity (Wildman–Crippen MR) is 102 cm³/mol. The van der Waals surface area contributed by atoms with Crippen LogP contribution in [0.2, 0.25) is 0 Å². The van der Waals surface area contributed by atoms with Crippen LogP contribution in [0.4, 0.5) is 8.78 Å². The van der Waals surface area contributed by atoms with E-state index in [4.69, 9.17) is 9.47 Å². The Labute approximate surface area is 171 Å². The quantitative estimate of drug-likeness (QED) is 0.641. The molecule has 2 N–H and O–H groups in total. The Morgan fingerprint density at radius 3 is 2.30 bits per heavy atom. The molecule has 0 atom stereocenters. The first kappa shape index (κ1) is 21.2. The molecule has 0 unspecified atom stereocenters. The van der Waals surface area contributed by atoms with Gasteiger partial charge in [-0.25, -0.2) is 8.78 Å². The van der Waals surface area contributed by atoms with Crippen LogP contribution in [0.25, 0.3) is 0 Å². The van der Waals surface area contributed by atoms with Crippen LogP contribution in [0.3, 0.4) is 0 Å². The average molecular weight is 418 g/mol. The molecule has 30 heavy (non-hydrogen) atoms. The number of benzene rings is 2. The highest BCUT2D eigenvalue weighted by atomic mass is 19.1. The molecular formula is C21H20F2N2O5. The molecule has 1 heterocycles. The van der Waals surface area contributed by atoms with Gasteiger partial charge in [0.25, 0.3) is 0 Å². The maximum Gasteiger partial charge on any atom is 0.220 e. The third-order valence-electron chi connectivity index (χ3n) is 4.35. The Bertz CT molecular complexity index is 964. The molecule has 0 spiro atoms. The van der Waals surface area contributed by atoms with Crippen molar-refractivity contribution in [3.8, 4) is 11.5 Å². The van der Waals surface area contributed by atoms with Gasteiger partial charge in [-0.3, -0.25) is 14.4 Å². The largest absolute Gasteiger partial charge is 0.486 e. The van der Waals surface area contributed by atoms with Gasteiger partial charge >= 0.3 is 0 Å². The number of amides is 2. The van der Waals surface area contributed by atoms with E-state index < -0.39 is 29.9 Å². The Morgan fingerprint density at radius 2 is 1.57 bits per heavy atom. The zero-order valence-electron chi connectivity index (χ0n) is 16.0. The zero-order chi connectivity index (χ0) is 21.5. The lowest BCUT2D eigenvalue weighted by atomic mass is 10.1. The van der Waals surface area contributed by atoms with Gasteiger partial charge in [-0.05, 0) is 29.8 Å². The lowest BCUT2D eigenvalue weighted by Crippen LogP contribution is -2.31. The van der Waals surface area contributed by atoms with E-state index in [1.165, 1.54) is 0 Å². The van der Waals surface area contributed by atoms with E-state index in [2.05, 4.69) is 10.6 Å². The molecule has 0 saturated carbocycles. The summed E-state index contributed by atoms with van der Waals surface area (Å²) in [5.41, 5.74) is 0.512. The summed E-state index contributed by atoms with van der Waals surface area (Å²) >= 11 is 0. The van der Waals surface area contributed by atoms with Crippen molar-refractivity contribution in [2.45, 2.75) is 19.4 Å². The van der Waals surface area contributed by atoms with E-state index >= 15 is 0 Å². The summed E-state index contributed by atoms with van der Waals surface area (Å²) in [6.45, 7) is 0.781. The fourth-order valence-electron chi connectivity index (χ4n) is 2.79. The number of hydrogen-bond acceptors (Lipinski definition) is 5.